The second-order valence-corrected chi connectivity index (χ2v) is 7.59. The van der Waals surface area contributed by atoms with Gasteiger partial charge in [-0.05, 0) is 55.7 Å². The molecule has 0 fully saturated rings. The van der Waals surface area contributed by atoms with E-state index in [0.29, 0.717) is 11.3 Å². The van der Waals surface area contributed by atoms with Crippen LogP contribution in [0.15, 0.2) is 51.6 Å². The summed E-state index contributed by atoms with van der Waals surface area (Å²) in [4.78, 5) is 30.6. The fourth-order valence-electron chi connectivity index (χ4n) is 3.06. The Kier molecular flexibility index (Phi) is 8.65. The maximum Gasteiger partial charge on any atom is 0.221 e. The summed E-state index contributed by atoms with van der Waals surface area (Å²) in [5.74, 6) is -0.715. The summed E-state index contributed by atoms with van der Waals surface area (Å²) in [6.07, 6.45) is 6.25. The van der Waals surface area contributed by atoms with E-state index >= 15 is 0 Å². The Morgan fingerprint density at radius 2 is 1.69 bits per heavy atom. The third-order valence-electron chi connectivity index (χ3n) is 4.78. The van der Waals surface area contributed by atoms with Gasteiger partial charge in [0.05, 0.1) is 22.1 Å². The molecule has 1 aliphatic rings. The third-order valence-corrected chi connectivity index (χ3v) is 5.23. The molecule has 1 amide bonds. The second kappa shape index (κ2) is 11.0. The largest absolute Gasteiger partial charge is 0.372 e. The monoisotopic (exact) mass is 415 g/mol. The summed E-state index contributed by atoms with van der Waals surface area (Å²) in [5, 5.41) is 2.61. The molecule has 5 nitrogen and oxygen atoms in total. The van der Waals surface area contributed by atoms with E-state index in [4.69, 9.17) is 11.6 Å². The Balaban J connectivity index is 2.27. The number of anilines is 1. The number of halogens is 1. The number of ketones is 1. The van der Waals surface area contributed by atoms with Crippen molar-refractivity contribution in [1.82, 2.24) is 5.32 Å². The number of hydrogen-bond acceptors (Lipinski definition) is 4. The highest BCUT2D eigenvalue weighted by Gasteiger charge is 2.24. The number of nitrogens with one attached hydrogen (secondary N) is 1. The highest BCUT2D eigenvalue weighted by molar-refractivity contribution is 6.49. The van der Waals surface area contributed by atoms with Crippen molar-refractivity contribution in [3.8, 4) is 0 Å². The average molecular weight is 416 g/mol. The lowest BCUT2D eigenvalue weighted by Gasteiger charge is -2.24. The molecule has 0 saturated carbocycles. The van der Waals surface area contributed by atoms with Crippen LogP contribution in [0.1, 0.15) is 53.4 Å². The number of allylic oxidation sites excluding steroid dienone is 3. The topological polar surface area (TPSA) is 61.8 Å². The normalized spacial score (nSPS) is 15.6. The number of unbranched alkanes of at least 4 members (excludes halogenated alkanes) is 2. The Labute approximate surface area is 178 Å². The highest BCUT2D eigenvalue weighted by atomic mass is 35.5. The molecule has 156 valence electrons. The van der Waals surface area contributed by atoms with Crippen molar-refractivity contribution in [3.63, 3.8) is 0 Å². The molecule has 6 heteroatoms. The lowest BCUT2D eigenvalue weighted by molar-refractivity contribution is -0.120. The van der Waals surface area contributed by atoms with Crippen LogP contribution in [0.4, 0.5) is 11.4 Å². The zero-order valence-electron chi connectivity index (χ0n) is 17.7. The number of carbonyl (C=O) groups is 2. The minimum absolute atomic E-state index is 0.0805. The van der Waals surface area contributed by atoms with E-state index in [2.05, 4.69) is 41.2 Å². The van der Waals surface area contributed by atoms with E-state index in [1.807, 2.05) is 12.1 Å². The quantitative estimate of drug-likeness (QED) is 0.558. The maximum atomic E-state index is 12.2. The summed E-state index contributed by atoms with van der Waals surface area (Å²) in [7, 11) is 0. The first-order valence-electron chi connectivity index (χ1n) is 10.2. The number of benzene rings is 1. The molecule has 29 heavy (non-hydrogen) atoms. The molecule has 0 aromatic heterocycles. The predicted molar refractivity (Wildman–Crippen MR) is 121 cm³/mol. The second-order valence-electron chi connectivity index (χ2n) is 7.21. The molecular weight excluding hydrogens is 386 g/mol. The molecule has 0 atom stereocenters. The van der Waals surface area contributed by atoms with Gasteiger partial charge < -0.3 is 10.2 Å². The van der Waals surface area contributed by atoms with Crippen molar-refractivity contribution in [2.75, 3.05) is 18.0 Å². The Morgan fingerprint density at radius 1 is 1.10 bits per heavy atom. The van der Waals surface area contributed by atoms with Crippen molar-refractivity contribution in [2.45, 2.75) is 53.4 Å². The van der Waals surface area contributed by atoms with Gasteiger partial charge >= 0.3 is 0 Å². The minimum Gasteiger partial charge on any atom is -0.372 e. The van der Waals surface area contributed by atoms with Gasteiger partial charge in [-0.25, -0.2) is 4.99 Å². The number of amides is 1. The van der Waals surface area contributed by atoms with E-state index in [1.54, 1.807) is 13.0 Å². The molecule has 1 aromatic carbocycles. The van der Waals surface area contributed by atoms with Crippen molar-refractivity contribution in [2.24, 2.45) is 4.99 Å². The molecule has 0 bridgehead atoms. The fourth-order valence-corrected chi connectivity index (χ4v) is 3.25. The lowest BCUT2D eigenvalue weighted by atomic mass is 10.0. The molecule has 1 aliphatic carbocycles. The van der Waals surface area contributed by atoms with Crippen LogP contribution in [0.25, 0.3) is 0 Å². The van der Waals surface area contributed by atoms with Crippen LogP contribution in [0.5, 0.6) is 0 Å². The van der Waals surface area contributed by atoms with Gasteiger partial charge in [-0.1, -0.05) is 38.3 Å². The van der Waals surface area contributed by atoms with Crippen LogP contribution >= 0.6 is 11.6 Å². The van der Waals surface area contributed by atoms with Crippen LogP contribution in [0, 0.1) is 0 Å². The zero-order chi connectivity index (χ0) is 21.4. The first-order chi connectivity index (χ1) is 13.9. The summed E-state index contributed by atoms with van der Waals surface area (Å²) in [5.41, 5.74) is 3.27. The molecule has 2 rings (SSSR count). The van der Waals surface area contributed by atoms with E-state index in [0.717, 1.165) is 18.8 Å². The minimum atomic E-state index is -0.392. The number of carbonyl (C=O) groups excluding carboxylic acids is 2. The first-order valence-corrected chi connectivity index (χ1v) is 10.6. The molecule has 0 unspecified atom stereocenters. The van der Waals surface area contributed by atoms with Gasteiger partial charge in [0.1, 0.15) is 0 Å². The number of nitrogens with zero attached hydrogens (tertiary/aromatic N) is 2. The van der Waals surface area contributed by atoms with Gasteiger partial charge in [-0.3, -0.25) is 9.59 Å². The van der Waals surface area contributed by atoms with E-state index < -0.39 is 5.78 Å². The Bertz CT molecular complexity index is 830. The first kappa shape index (κ1) is 22.9. The lowest BCUT2D eigenvalue weighted by Crippen LogP contribution is -2.29. The van der Waals surface area contributed by atoms with Gasteiger partial charge in [0.2, 0.25) is 11.7 Å². The fraction of sp³-hybridized carbons (Fsp3) is 0.435. The molecule has 0 saturated heterocycles. The van der Waals surface area contributed by atoms with Crippen LogP contribution in [-0.4, -0.2) is 30.5 Å². The van der Waals surface area contributed by atoms with Crippen molar-refractivity contribution < 1.29 is 9.59 Å². The van der Waals surface area contributed by atoms with Gasteiger partial charge in [-0.2, -0.15) is 0 Å². The van der Waals surface area contributed by atoms with E-state index in [1.165, 1.54) is 38.3 Å². The smallest absolute Gasteiger partial charge is 0.221 e. The number of Topliss-reactive ketones (excluding diaryl/α,β-unsaturated/α-hetero) is 1. The van der Waals surface area contributed by atoms with Crippen molar-refractivity contribution >= 4 is 40.4 Å². The summed E-state index contributed by atoms with van der Waals surface area (Å²) in [6, 6.07) is 8.10. The van der Waals surface area contributed by atoms with Crippen LogP contribution in [0.3, 0.4) is 0 Å². The number of aliphatic imine (C=N–C) groups is 1. The number of hydrogen-bond donors (Lipinski definition) is 1. The summed E-state index contributed by atoms with van der Waals surface area (Å²) >= 11 is 6.17. The van der Waals surface area contributed by atoms with Crippen LogP contribution < -0.4 is 10.2 Å². The Hall–Kier alpha value is -2.40. The predicted octanol–water partition coefficient (Wildman–Crippen LogP) is 5.28. The molecule has 1 N–H and O–H groups in total. The SMILES string of the molecule is CCCCN(CCCC)c1ccc(N=C2C=C(NC(C)=O)C(=O)C(Cl)=C2C)cc1. The van der Waals surface area contributed by atoms with Crippen LogP contribution in [0.2, 0.25) is 0 Å². The molecule has 0 spiro atoms. The third kappa shape index (κ3) is 6.29. The summed E-state index contributed by atoms with van der Waals surface area (Å²) in [6.45, 7) is 9.61. The average Bonchev–Trinajstić information content (AvgIpc) is 2.70. The van der Waals surface area contributed by atoms with Gasteiger partial charge in [0.25, 0.3) is 0 Å². The van der Waals surface area contributed by atoms with Gasteiger partial charge in [-0.15, -0.1) is 0 Å². The molecule has 0 radical (unpaired) electrons. The van der Waals surface area contributed by atoms with Crippen LogP contribution in [-0.2, 0) is 9.59 Å². The zero-order valence-corrected chi connectivity index (χ0v) is 18.5. The summed E-state index contributed by atoms with van der Waals surface area (Å²) < 4.78 is 0. The Morgan fingerprint density at radius 3 is 2.21 bits per heavy atom. The van der Waals surface area contributed by atoms with E-state index in [-0.39, 0.29) is 16.6 Å². The van der Waals surface area contributed by atoms with E-state index in [9.17, 15) is 9.59 Å². The molecule has 1 aromatic rings. The van der Waals surface area contributed by atoms with Gasteiger partial charge in [0.15, 0.2) is 0 Å². The molecule has 0 heterocycles. The highest BCUT2D eigenvalue weighted by Crippen LogP contribution is 2.26. The van der Waals surface area contributed by atoms with Crippen molar-refractivity contribution in [3.05, 3.63) is 46.6 Å². The maximum absolute atomic E-state index is 12.2. The molecule has 0 aliphatic heterocycles. The molecular formula is C23H30ClN3O2. The van der Waals surface area contributed by atoms with Crippen molar-refractivity contribution in [1.29, 1.82) is 0 Å². The van der Waals surface area contributed by atoms with Gasteiger partial charge in [0, 0.05) is 25.7 Å². The standard InChI is InChI=1S/C23H30ClN3O2/c1-5-7-13-27(14-8-6-2)19-11-9-18(10-12-19)26-20-15-21(25-17(4)28)23(29)22(24)16(20)3/h9-12,15H,5-8,13-14H2,1-4H3,(H,25,28). The number of rotatable bonds is 9.